The highest BCUT2D eigenvalue weighted by Gasteiger charge is 2.35. The van der Waals surface area contributed by atoms with Gasteiger partial charge in [-0.1, -0.05) is 22.0 Å². The Labute approximate surface area is 154 Å². The van der Waals surface area contributed by atoms with Crippen molar-refractivity contribution in [3.05, 3.63) is 58.6 Å². The monoisotopic (exact) mass is 400 g/mol. The van der Waals surface area contributed by atoms with Gasteiger partial charge in [0.15, 0.2) is 5.78 Å². The molecule has 2 amide bonds. The van der Waals surface area contributed by atoms with E-state index in [-0.39, 0.29) is 24.0 Å². The molecule has 1 saturated heterocycles. The number of benzene rings is 2. The highest BCUT2D eigenvalue weighted by Crippen LogP contribution is 2.28. The van der Waals surface area contributed by atoms with Gasteiger partial charge in [-0.15, -0.1) is 0 Å². The predicted octanol–water partition coefficient (Wildman–Crippen LogP) is 3.64. The standard InChI is InChI=1S/C19H17BrN2O3/c1-12(23)13-5-7-16(8-6-13)21-19(25)14-9-18(24)22(11-14)17-4-2-3-15(20)10-17/h2-8,10,14H,9,11H2,1H3,(H,21,25). The second-order valence-electron chi connectivity index (χ2n) is 6.01. The number of hydrogen-bond donors (Lipinski definition) is 1. The van der Waals surface area contributed by atoms with E-state index in [1.807, 2.05) is 24.3 Å². The topological polar surface area (TPSA) is 66.5 Å². The molecule has 1 N–H and O–H groups in total. The van der Waals surface area contributed by atoms with Crippen LogP contribution in [0, 0.1) is 5.92 Å². The Hall–Kier alpha value is -2.47. The van der Waals surface area contributed by atoms with E-state index < -0.39 is 5.92 Å². The number of rotatable bonds is 4. The number of halogens is 1. The van der Waals surface area contributed by atoms with Crippen molar-refractivity contribution in [2.75, 3.05) is 16.8 Å². The highest BCUT2D eigenvalue weighted by atomic mass is 79.9. The molecule has 6 heteroatoms. The number of carbonyl (C=O) groups is 3. The lowest BCUT2D eigenvalue weighted by molar-refractivity contribution is -0.122. The molecule has 0 saturated carbocycles. The van der Waals surface area contributed by atoms with Crippen LogP contribution in [0.5, 0.6) is 0 Å². The third kappa shape index (κ3) is 3.96. The molecule has 1 unspecified atom stereocenters. The SMILES string of the molecule is CC(=O)c1ccc(NC(=O)C2CC(=O)N(c3cccc(Br)c3)C2)cc1. The Morgan fingerprint density at radius 2 is 1.88 bits per heavy atom. The van der Waals surface area contributed by atoms with Crippen LogP contribution in [-0.2, 0) is 9.59 Å². The van der Waals surface area contributed by atoms with Crippen molar-refractivity contribution in [3.63, 3.8) is 0 Å². The Bertz CT molecular complexity index is 833. The molecule has 0 radical (unpaired) electrons. The second kappa shape index (κ2) is 7.19. The molecule has 5 nitrogen and oxygen atoms in total. The van der Waals surface area contributed by atoms with Gasteiger partial charge in [0.25, 0.3) is 0 Å². The van der Waals surface area contributed by atoms with Crippen molar-refractivity contribution in [1.29, 1.82) is 0 Å². The van der Waals surface area contributed by atoms with Crippen molar-refractivity contribution in [2.24, 2.45) is 5.92 Å². The molecule has 128 valence electrons. The van der Waals surface area contributed by atoms with E-state index in [1.54, 1.807) is 29.2 Å². The highest BCUT2D eigenvalue weighted by molar-refractivity contribution is 9.10. The number of nitrogens with one attached hydrogen (secondary N) is 1. The molecule has 2 aromatic rings. The van der Waals surface area contributed by atoms with Crippen LogP contribution < -0.4 is 10.2 Å². The van der Waals surface area contributed by atoms with Crippen LogP contribution in [0.2, 0.25) is 0 Å². The van der Waals surface area contributed by atoms with Gasteiger partial charge in [-0.05, 0) is 49.4 Å². The lowest BCUT2D eigenvalue weighted by Gasteiger charge is -2.17. The van der Waals surface area contributed by atoms with Gasteiger partial charge in [-0.25, -0.2) is 0 Å². The van der Waals surface area contributed by atoms with Gasteiger partial charge in [0, 0.05) is 34.4 Å². The molecule has 1 aliphatic rings. The van der Waals surface area contributed by atoms with Gasteiger partial charge >= 0.3 is 0 Å². The fourth-order valence-electron chi connectivity index (χ4n) is 2.81. The molecule has 0 bridgehead atoms. The molecule has 1 atom stereocenters. The summed E-state index contributed by atoms with van der Waals surface area (Å²) in [5, 5.41) is 2.82. The Morgan fingerprint density at radius 3 is 2.52 bits per heavy atom. The molecular weight excluding hydrogens is 384 g/mol. The van der Waals surface area contributed by atoms with Crippen LogP contribution in [-0.4, -0.2) is 24.1 Å². The summed E-state index contributed by atoms with van der Waals surface area (Å²) < 4.78 is 0.885. The van der Waals surface area contributed by atoms with Gasteiger partial charge in [0.05, 0.1) is 5.92 Å². The average molecular weight is 401 g/mol. The molecule has 1 heterocycles. The van der Waals surface area contributed by atoms with Crippen molar-refractivity contribution in [1.82, 2.24) is 0 Å². The molecule has 0 aliphatic carbocycles. The minimum Gasteiger partial charge on any atom is -0.326 e. The maximum Gasteiger partial charge on any atom is 0.229 e. The number of nitrogens with zero attached hydrogens (tertiary/aromatic N) is 1. The largest absolute Gasteiger partial charge is 0.326 e. The van der Waals surface area contributed by atoms with E-state index in [9.17, 15) is 14.4 Å². The van der Waals surface area contributed by atoms with Gasteiger partial charge < -0.3 is 10.2 Å². The number of hydrogen-bond acceptors (Lipinski definition) is 3. The summed E-state index contributed by atoms with van der Waals surface area (Å²) in [4.78, 5) is 37.6. The van der Waals surface area contributed by atoms with E-state index >= 15 is 0 Å². The van der Waals surface area contributed by atoms with Crippen LogP contribution in [0.4, 0.5) is 11.4 Å². The third-order valence-electron chi connectivity index (χ3n) is 4.17. The maximum atomic E-state index is 12.5. The molecular formula is C19H17BrN2O3. The number of anilines is 2. The van der Waals surface area contributed by atoms with E-state index in [1.165, 1.54) is 6.92 Å². The predicted molar refractivity (Wildman–Crippen MR) is 99.7 cm³/mol. The van der Waals surface area contributed by atoms with Crippen LogP contribution in [0.3, 0.4) is 0 Å². The fourth-order valence-corrected chi connectivity index (χ4v) is 3.20. The van der Waals surface area contributed by atoms with E-state index in [0.717, 1.165) is 10.2 Å². The minimum atomic E-state index is -0.404. The molecule has 25 heavy (non-hydrogen) atoms. The van der Waals surface area contributed by atoms with Crippen molar-refractivity contribution in [3.8, 4) is 0 Å². The first-order chi connectivity index (χ1) is 11.9. The Balaban J connectivity index is 1.67. The number of carbonyl (C=O) groups excluding carboxylic acids is 3. The quantitative estimate of drug-likeness (QED) is 0.796. The molecule has 3 rings (SSSR count). The zero-order valence-corrected chi connectivity index (χ0v) is 15.2. The van der Waals surface area contributed by atoms with Gasteiger partial charge in [0.1, 0.15) is 0 Å². The minimum absolute atomic E-state index is 0.0241. The summed E-state index contributed by atoms with van der Waals surface area (Å²) in [6, 6.07) is 14.2. The lowest BCUT2D eigenvalue weighted by Crippen LogP contribution is -2.28. The first-order valence-electron chi connectivity index (χ1n) is 7.92. The van der Waals surface area contributed by atoms with Crippen LogP contribution in [0.1, 0.15) is 23.7 Å². The summed E-state index contributed by atoms with van der Waals surface area (Å²) in [5.74, 6) is -0.686. The third-order valence-corrected chi connectivity index (χ3v) is 4.67. The van der Waals surface area contributed by atoms with Crippen molar-refractivity contribution >= 4 is 44.9 Å². The van der Waals surface area contributed by atoms with Gasteiger partial charge in [-0.2, -0.15) is 0 Å². The molecule has 0 spiro atoms. The number of amides is 2. The van der Waals surface area contributed by atoms with Crippen LogP contribution >= 0.6 is 15.9 Å². The van der Waals surface area contributed by atoms with E-state index in [0.29, 0.717) is 17.8 Å². The van der Waals surface area contributed by atoms with Gasteiger partial charge in [0.2, 0.25) is 11.8 Å². The van der Waals surface area contributed by atoms with Crippen molar-refractivity contribution in [2.45, 2.75) is 13.3 Å². The summed E-state index contributed by atoms with van der Waals surface area (Å²) in [6.07, 6.45) is 0.184. The first kappa shape index (κ1) is 17.4. The Morgan fingerprint density at radius 1 is 1.16 bits per heavy atom. The maximum absolute atomic E-state index is 12.5. The van der Waals surface area contributed by atoms with Crippen molar-refractivity contribution < 1.29 is 14.4 Å². The van der Waals surface area contributed by atoms with E-state index in [2.05, 4.69) is 21.2 Å². The first-order valence-corrected chi connectivity index (χ1v) is 8.71. The lowest BCUT2D eigenvalue weighted by atomic mass is 10.1. The summed E-state index contributed by atoms with van der Waals surface area (Å²) in [7, 11) is 0. The summed E-state index contributed by atoms with van der Waals surface area (Å²) >= 11 is 3.39. The zero-order chi connectivity index (χ0) is 18.0. The molecule has 1 fully saturated rings. The number of Topliss-reactive ketones (excluding diaryl/α,β-unsaturated/α-hetero) is 1. The summed E-state index contributed by atoms with van der Waals surface area (Å²) in [5.41, 5.74) is 1.98. The molecule has 1 aliphatic heterocycles. The smallest absolute Gasteiger partial charge is 0.229 e. The van der Waals surface area contributed by atoms with E-state index in [4.69, 9.17) is 0 Å². The van der Waals surface area contributed by atoms with Crippen LogP contribution in [0.15, 0.2) is 53.0 Å². The summed E-state index contributed by atoms with van der Waals surface area (Å²) in [6.45, 7) is 1.85. The van der Waals surface area contributed by atoms with Crippen LogP contribution in [0.25, 0.3) is 0 Å². The fraction of sp³-hybridized carbons (Fsp3) is 0.211. The zero-order valence-electron chi connectivity index (χ0n) is 13.7. The molecule has 0 aromatic heterocycles. The van der Waals surface area contributed by atoms with Gasteiger partial charge in [-0.3, -0.25) is 14.4 Å². The Kier molecular flexibility index (Phi) is 4.99. The molecule has 2 aromatic carbocycles. The average Bonchev–Trinajstić information content (AvgIpc) is 2.97. The second-order valence-corrected chi connectivity index (χ2v) is 6.92. The number of ketones is 1. The normalized spacial score (nSPS) is 16.8.